The Labute approximate surface area is 125 Å². The SMILES string of the molecule is CCCCOCCCNC(=O)/C(C#N)=C\NCCC(=O)O. The molecule has 0 rings (SSSR count). The van der Waals surface area contributed by atoms with Crippen LogP contribution < -0.4 is 10.6 Å². The number of nitrogens with zero attached hydrogens (tertiary/aromatic N) is 1. The second kappa shape index (κ2) is 12.9. The fraction of sp³-hybridized carbons (Fsp3) is 0.643. The lowest BCUT2D eigenvalue weighted by Crippen LogP contribution is -2.27. The summed E-state index contributed by atoms with van der Waals surface area (Å²) in [6.07, 6.45) is 3.94. The molecular formula is C14H23N3O4. The Morgan fingerprint density at radius 2 is 2.00 bits per heavy atom. The molecule has 7 heteroatoms. The van der Waals surface area contributed by atoms with Crippen molar-refractivity contribution in [1.29, 1.82) is 5.26 Å². The van der Waals surface area contributed by atoms with Gasteiger partial charge in [0, 0.05) is 32.5 Å². The third kappa shape index (κ3) is 11.5. The Kier molecular flexibility index (Phi) is 11.7. The molecule has 0 aliphatic heterocycles. The third-order valence-corrected chi connectivity index (χ3v) is 2.49. The monoisotopic (exact) mass is 297 g/mol. The normalized spacial score (nSPS) is 10.8. The summed E-state index contributed by atoms with van der Waals surface area (Å²) in [4.78, 5) is 21.9. The number of aliphatic carboxylic acids is 1. The van der Waals surface area contributed by atoms with Crippen LogP contribution in [0.5, 0.6) is 0 Å². The van der Waals surface area contributed by atoms with Crippen molar-refractivity contribution in [3.63, 3.8) is 0 Å². The fourth-order valence-corrected chi connectivity index (χ4v) is 1.32. The molecule has 1 amide bonds. The fourth-order valence-electron chi connectivity index (χ4n) is 1.32. The Morgan fingerprint density at radius 3 is 2.62 bits per heavy atom. The van der Waals surface area contributed by atoms with Crippen molar-refractivity contribution in [2.45, 2.75) is 32.6 Å². The third-order valence-electron chi connectivity index (χ3n) is 2.49. The number of carbonyl (C=O) groups is 2. The number of hydrogen-bond donors (Lipinski definition) is 3. The molecule has 0 radical (unpaired) electrons. The number of carboxylic acids is 1. The summed E-state index contributed by atoms with van der Waals surface area (Å²) in [6.45, 7) is 3.98. The summed E-state index contributed by atoms with van der Waals surface area (Å²) in [5.74, 6) is -1.42. The molecule has 0 aliphatic rings. The number of nitriles is 1. The van der Waals surface area contributed by atoms with Crippen molar-refractivity contribution < 1.29 is 19.4 Å². The van der Waals surface area contributed by atoms with Crippen molar-refractivity contribution >= 4 is 11.9 Å². The van der Waals surface area contributed by atoms with Crippen LogP contribution >= 0.6 is 0 Å². The molecule has 0 spiro atoms. The zero-order valence-corrected chi connectivity index (χ0v) is 12.4. The zero-order chi connectivity index (χ0) is 15.9. The van der Waals surface area contributed by atoms with Gasteiger partial charge in [-0.15, -0.1) is 0 Å². The van der Waals surface area contributed by atoms with Gasteiger partial charge in [-0.1, -0.05) is 13.3 Å². The van der Waals surface area contributed by atoms with Gasteiger partial charge in [0.25, 0.3) is 5.91 Å². The standard InChI is InChI=1S/C14H23N3O4/c1-2-3-8-21-9-4-6-17-14(20)12(10-15)11-16-7-5-13(18)19/h11,16H,2-9H2,1H3,(H,17,20)(H,18,19)/b12-11-. The number of unbranched alkanes of at least 4 members (excludes halogenated alkanes) is 1. The van der Waals surface area contributed by atoms with Gasteiger partial charge in [0.15, 0.2) is 0 Å². The molecule has 3 N–H and O–H groups in total. The van der Waals surface area contributed by atoms with Crippen LogP contribution in [0, 0.1) is 11.3 Å². The molecule has 0 saturated heterocycles. The molecule has 0 atom stereocenters. The van der Waals surface area contributed by atoms with Crippen LogP contribution in [0.2, 0.25) is 0 Å². The smallest absolute Gasteiger partial charge is 0.305 e. The summed E-state index contributed by atoms with van der Waals surface area (Å²) < 4.78 is 5.35. The second-order valence-corrected chi connectivity index (χ2v) is 4.34. The lowest BCUT2D eigenvalue weighted by atomic mass is 10.3. The first kappa shape index (κ1) is 18.9. The van der Waals surface area contributed by atoms with Crippen LogP contribution in [-0.4, -0.2) is 43.3 Å². The van der Waals surface area contributed by atoms with E-state index in [0.29, 0.717) is 19.6 Å². The number of ether oxygens (including phenoxy) is 1. The summed E-state index contributed by atoms with van der Waals surface area (Å²) >= 11 is 0. The Hall–Kier alpha value is -2.07. The predicted octanol–water partition coefficient (Wildman–Crippen LogP) is 0.781. The summed E-state index contributed by atoms with van der Waals surface area (Å²) in [7, 11) is 0. The minimum Gasteiger partial charge on any atom is -0.481 e. The van der Waals surface area contributed by atoms with E-state index in [2.05, 4.69) is 17.6 Å². The quantitative estimate of drug-likeness (QED) is 0.279. The van der Waals surface area contributed by atoms with Crippen LogP contribution in [0.15, 0.2) is 11.8 Å². The van der Waals surface area contributed by atoms with Gasteiger partial charge in [0.2, 0.25) is 0 Å². The first-order chi connectivity index (χ1) is 10.1. The molecule has 0 fully saturated rings. The Bertz CT molecular complexity index is 388. The van der Waals surface area contributed by atoms with Crippen molar-refractivity contribution in [2.75, 3.05) is 26.3 Å². The van der Waals surface area contributed by atoms with Gasteiger partial charge in [-0.25, -0.2) is 0 Å². The summed E-state index contributed by atoms with van der Waals surface area (Å²) in [6, 6.07) is 1.77. The highest BCUT2D eigenvalue weighted by Gasteiger charge is 2.07. The maximum atomic E-state index is 11.6. The van der Waals surface area contributed by atoms with Crippen molar-refractivity contribution in [3.8, 4) is 6.07 Å². The van der Waals surface area contributed by atoms with Crippen LogP contribution in [0.4, 0.5) is 0 Å². The number of carboxylic acid groups (broad SMARTS) is 1. The Morgan fingerprint density at radius 1 is 1.29 bits per heavy atom. The van der Waals surface area contributed by atoms with Gasteiger partial charge in [-0.05, 0) is 12.8 Å². The van der Waals surface area contributed by atoms with Crippen LogP contribution in [0.1, 0.15) is 32.6 Å². The average molecular weight is 297 g/mol. The van der Waals surface area contributed by atoms with Crippen LogP contribution in [0.25, 0.3) is 0 Å². The largest absolute Gasteiger partial charge is 0.481 e. The van der Waals surface area contributed by atoms with E-state index in [9.17, 15) is 9.59 Å². The maximum absolute atomic E-state index is 11.6. The van der Waals surface area contributed by atoms with Crippen molar-refractivity contribution in [3.05, 3.63) is 11.8 Å². The molecule has 0 aromatic heterocycles. The van der Waals surface area contributed by atoms with E-state index in [4.69, 9.17) is 15.1 Å². The minimum absolute atomic E-state index is 0.0766. The summed E-state index contributed by atoms with van der Waals surface area (Å²) in [5.41, 5.74) is -0.0766. The van der Waals surface area contributed by atoms with Gasteiger partial charge in [0.1, 0.15) is 11.6 Å². The number of nitrogens with one attached hydrogen (secondary N) is 2. The zero-order valence-electron chi connectivity index (χ0n) is 12.4. The number of hydrogen-bond acceptors (Lipinski definition) is 5. The highest BCUT2D eigenvalue weighted by atomic mass is 16.5. The van der Waals surface area contributed by atoms with E-state index in [0.717, 1.165) is 19.4 Å². The van der Waals surface area contributed by atoms with Gasteiger partial charge < -0.3 is 20.5 Å². The molecule has 21 heavy (non-hydrogen) atoms. The lowest BCUT2D eigenvalue weighted by molar-refractivity contribution is -0.136. The molecule has 0 aromatic carbocycles. The first-order valence-corrected chi connectivity index (χ1v) is 7.03. The molecule has 118 valence electrons. The first-order valence-electron chi connectivity index (χ1n) is 7.03. The molecular weight excluding hydrogens is 274 g/mol. The average Bonchev–Trinajstić information content (AvgIpc) is 2.46. The van der Waals surface area contributed by atoms with Crippen LogP contribution in [0.3, 0.4) is 0 Å². The molecule has 0 heterocycles. The van der Waals surface area contributed by atoms with Crippen molar-refractivity contribution in [1.82, 2.24) is 10.6 Å². The molecule has 0 bridgehead atoms. The van der Waals surface area contributed by atoms with E-state index in [-0.39, 0.29) is 18.5 Å². The minimum atomic E-state index is -0.943. The highest BCUT2D eigenvalue weighted by Crippen LogP contribution is 1.92. The van der Waals surface area contributed by atoms with Crippen LogP contribution in [-0.2, 0) is 14.3 Å². The maximum Gasteiger partial charge on any atom is 0.305 e. The topological polar surface area (TPSA) is 111 Å². The molecule has 7 nitrogen and oxygen atoms in total. The van der Waals surface area contributed by atoms with Gasteiger partial charge in [-0.2, -0.15) is 5.26 Å². The molecule has 0 unspecified atom stereocenters. The number of amides is 1. The number of rotatable bonds is 12. The van der Waals surface area contributed by atoms with E-state index in [1.54, 1.807) is 6.07 Å². The van der Waals surface area contributed by atoms with Gasteiger partial charge >= 0.3 is 5.97 Å². The molecule has 0 saturated carbocycles. The summed E-state index contributed by atoms with van der Waals surface area (Å²) in [5, 5.41) is 22.5. The van der Waals surface area contributed by atoms with E-state index >= 15 is 0 Å². The predicted molar refractivity (Wildman–Crippen MR) is 77.3 cm³/mol. The Balaban J connectivity index is 3.82. The highest BCUT2D eigenvalue weighted by molar-refractivity contribution is 5.97. The molecule has 0 aromatic rings. The second-order valence-electron chi connectivity index (χ2n) is 4.34. The van der Waals surface area contributed by atoms with Gasteiger partial charge in [-0.3, -0.25) is 9.59 Å². The van der Waals surface area contributed by atoms with E-state index in [1.807, 2.05) is 0 Å². The van der Waals surface area contributed by atoms with Crippen molar-refractivity contribution in [2.24, 2.45) is 0 Å². The van der Waals surface area contributed by atoms with E-state index in [1.165, 1.54) is 6.20 Å². The van der Waals surface area contributed by atoms with E-state index < -0.39 is 11.9 Å². The lowest BCUT2D eigenvalue weighted by Gasteiger charge is -2.05. The molecule has 0 aliphatic carbocycles. The van der Waals surface area contributed by atoms with Gasteiger partial charge in [0.05, 0.1) is 6.42 Å². The number of carbonyl (C=O) groups excluding carboxylic acids is 1.